The number of methoxy groups -OCH3 is 2. The van der Waals surface area contributed by atoms with Gasteiger partial charge >= 0.3 is 11.5 Å². The Labute approximate surface area is 189 Å². The molecule has 13 heteroatoms. The number of hydrogen-bond acceptors (Lipinski definition) is 5. The summed E-state index contributed by atoms with van der Waals surface area (Å²) in [6, 6.07) is 3.79. The Morgan fingerprint density at radius 2 is 1.58 bits per heavy atom. The number of thioether (sulfide) groups is 1. The molecular weight excluding hydrogens is 478 g/mol. The fraction of sp³-hybridized carbons (Fsp3) is 0.300. The number of amides is 3. The maximum atomic E-state index is 14.5. The van der Waals surface area contributed by atoms with Crippen molar-refractivity contribution in [3.8, 4) is 0 Å². The minimum atomic E-state index is -4.65. The Morgan fingerprint density at radius 1 is 1.00 bits per heavy atom. The molecule has 0 atom stereocenters. The monoisotopic (exact) mass is 496 g/mol. The van der Waals surface area contributed by atoms with Crippen LogP contribution in [0.4, 0.5) is 36.8 Å². The summed E-state index contributed by atoms with van der Waals surface area (Å²) in [7, 11) is 3.40. The van der Waals surface area contributed by atoms with E-state index in [0.717, 1.165) is 37.4 Å². The zero-order valence-corrected chi connectivity index (χ0v) is 18.3. The summed E-state index contributed by atoms with van der Waals surface area (Å²) in [6.45, 7) is -0.633. The van der Waals surface area contributed by atoms with E-state index in [-0.39, 0.29) is 0 Å². The Kier molecular flexibility index (Phi) is 8.75. The molecular formula is C20H18F6N2O4S. The molecule has 3 amide bonds. The summed E-state index contributed by atoms with van der Waals surface area (Å²) in [5.74, 6) is -5.08. The molecule has 6 nitrogen and oxygen atoms in total. The highest BCUT2D eigenvalue weighted by Gasteiger charge is 2.34. The minimum absolute atomic E-state index is 0.372. The molecule has 2 aromatic carbocycles. The average molecular weight is 496 g/mol. The lowest BCUT2D eigenvalue weighted by atomic mass is 10.1. The first kappa shape index (κ1) is 26.5. The van der Waals surface area contributed by atoms with Crippen molar-refractivity contribution < 1.29 is 45.4 Å². The van der Waals surface area contributed by atoms with Gasteiger partial charge in [0.25, 0.3) is 5.91 Å². The molecule has 0 radical (unpaired) electrons. The van der Waals surface area contributed by atoms with Gasteiger partial charge in [-0.15, -0.1) is 0 Å². The van der Waals surface area contributed by atoms with E-state index in [0.29, 0.717) is 15.9 Å². The number of nitrogens with zero attached hydrogens (tertiary/aromatic N) is 2. The lowest BCUT2D eigenvalue weighted by Crippen LogP contribution is -2.49. The van der Waals surface area contributed by atoms with Gasteiger partial charge in [-0.2, -0.15) is 13.2 Å². The maximum absolute atomic E-state index is 14.5. The normalized spacial score (nSPS) is 11.6. The van der Waals surface area contributed by atoms with Gasteiger partial charge in [0, 0.05) is 26.2 Å². The number of urea groups is 1. The highest BCUT2D eigenvalue weighted by atomic mass is 32.2. The van der Waals surface area contributed by atoms with E-state index in [1.165, 1.54) is 14.2 Å². The van der Waals surface area contributed by atoms with Gasteiger partial charge in [-0.25, -0.2) is 18.0 Å². The molecule has 0 fully saturated rings. The number of imide groups is 1. The summed E-state index contributed by atoms with van der Waals surface area (Å²) in [5.41, 5.74) is -6.18. The summed E-state index contributed by atoms with van der Waals surface area (Å²) < 4.78 is 90.3. The van der Waals surface area contributed by atoms with Crippen LogP contribution in [0, 0.1) is 17.5 Å². The summed E-state index contributed by atoms with van der Waals surface area (Å²) in [4.78, 5) is 26.4. The SMILES string of the molecule is COC(CN(C(=O)c1c(F)cccc1F)C(=O)N(C)c1ccc(SC(F)(F)F)cc1F)OC. The molecule has 180 valence electrons. The zero-order valence-electron chi connectivity index (χ0n) is 17.5. The van der Waals surface area contributed by atoms with Crippen molar-refractivity contribution in [2.75, 3.05) is 32.7 Å². The molecule has 33 heavy (non-hydrogen) atoms. The standard InChI is InChI=1S/C20H18F6N2O4S/c1-27(15-8-7-11(9-14(15)23)33-20(24,25)26)19(30)28(10-16(31-2)32-3)18(29)17-12(21)5-4-6-13(17)22/h4-9,16H,10H2,1-3H3. The van der Waals surface area contributed by atoms with Crippen LogP contribution in [-0.4, -0.2) is 56.4 Å². The second-order valence-electron chi connectivity index (χ2n) is 6.42. The van der Waals surface area contributed by atoms with Gasteiger partial charge in [0.1, 0.15) is 23.0 Å². The van der Waals surface area contributed by atoms with Crippen LogP contribution >= 0.6 is 11.8 Å². The van der Waals surface area contributed by atoms with Crippen LogP contribution in [0.2, 0.25) is 0 Å². The van der Waals surface area contributed by atoms with Crippen molar-refractivity contribution in [2.45, 2.75) is 16.7 Å². The largest absolute Gasteiger partial charge is 0.446 e. The molecule has 2 rings (SSSR count). The van der Waals surface area contributed by atoms with E-state index < -0.39 is 75.6 Å². The van der Waals surface area contributed by atoms with Gasteiger partial charge < -0.3 is 9.47 Å². The van der Waals surface area contributed by atoms with E-state index in [2.05, 4.69) is 0 Å². The number of carbonyl (C=O) groups excluding carboxylic acids is 2. The van der Waals surface area contributed by atoms with E-state index in [1.807, 2.05) is 0 Å². The molecule has 2 aromatic rings. The van der Waals surface area contributed by atoms with Gasteiger partial charge in [0.05, 0.1) is 12.2 Å². The quantitative estimate of drug-likeness (QED) is 0.306. The van der Waals surface area contributed by atoms with Gasteiger partial charge in [0.15, 0.2) is 6.29 Å². The molecule has 0 heterocycles. The van der Waals surface area contributed by atoms with Crippen molar-refractivity contribution >= 4 is 29.4 Å². The highest BCUT2D eigenvalue weighted by molar-refractivity contribution is 8.00. The second kappa shape index (κ2) is 10.9. The van der Waals surface area contributed by atoms with Gasteiger partial charge in [0.2, 0.25) is 0 Å². The lowest BCUT2D eigenvalue weighted by molar-refractivity contribution is -0.107. The first-order chi connectivity index (χ1) is 15.4. The van der Waals surface area contributed by atoms with Gasteiger partial charge in [-0.05, 0) is 42.1 Å². The van der Waals surface area contributed by atoms with Crippen LogP contribution in [0.3, 0.4) is 0 Å². The third-order valence-electron chi connectivity index (χ3n) is 4.31. The average Bonchev–Trinajstić information content (AvgIpc) is 2.72. The number of halogens is 6. The Morgan fingerprint density at radius 3 is 2.06 bits per heavy atom. The number of anilines is 1. The minimum Gasteiger partial charge on any atom is -0.354 e. The number of ether oxygens (including phenoxy) is 2. The van der Waals surface area contributed by atoms with Crippen LogP contribution in [0.5, 0.6) is 0 Å². The second-order valence-corrected chi connectivity index (χ2v) is 7.55. The van der Waals surface area contributed by atoms with Crippen molar-refractivity contribution in [3.05, 3.63) is 59.4 Å². The van der Waals surface area contributed by atoms with Crippen molar-refractivity contribution in [3.63, 3.8) is 0 Å². The molecule has 0 bridgehead atoms. The Hall–Kier alpha value is -2.77. The van der Waals surface area contributed by atoms with E-state index in [4.69, 9.17) is 9.47 Å². The number of carbonyl (C=O) groups is 2. The topological polar surface area (TPSA) is 59.1 Å². The third kappa shape index (κ3) is 6.62. The molecule has 0 aliphatic rings. The molecule has 0 saturated heterocycles. The predicted molar refractivity (Wildman–Crippen MR) is 107 cm³/mol. The third-order valence-corrected chi connectivity index (χ3v) is 5.03. The molecule has 0 aromatic heterocycles. The smallest absolute Gasteiger partial charge is 0.354 e. The number of rotatable bonds is 7. The summed E-state index contributed by atoms with van der Waals surface area (Å²) >= 11 is -0.555. The maximum Gasteiger partial charge on any atom is 0.446 e. The van der Waals surface area contributed by atoms with Crippen LogP contribution in [0.25, 0.3) is 0 Å². The molecule has 0 aliphatic carbocycles. The summed E-state index contributed by atoms with van der Waals surface area (Å²) in [6.07, 6.45) is -1.20. The van der Waals surface area contributed by atoms with E-state index in [1.54, 1.807) is 0 Å². The first-order valence-electron chi connectivity index (χ1n) is 9.04. The predicted octanol–water partition coefficient (Wildman–Crippen LogP) is 5.03. The van der Waals surface area contributed by atoms with E-state index in [9.17, 15) is 35.9 Å². The van der Waals surface area contributed by atoms with Gasteiger partial charge in [-0.1, -0.05) is 6.07 Å². The van der Waals surface area contributed by atoms with Crippen molar-refractivity contribution in [2.24, 2.45) is 0 Å². The van der Waals surface area contributed by atoms with E-state index >= 15 is 0 Å². The lowest BCUT2D eigenvalue weighted by Gasteiger charge is -2.29. The molecule has 0 spiro atoms. The molecule has 0 saturated carbocycles. The fourth-order valence-corrected chi connectivity index (χ4v) is 3.29. The Balaban J connectivity index is 2.43. The van der Waals surface area contributed by atoms with Crippen LogP contribution < -0.4 is 4.90 Å². The molecule has 0 N–H and O–H groups in total. The highest BCUT2D eigenvalue weighted by Crippen LogP contribution is 2.38. The number of benzene rings is 2. The number of alkyl halides is 3. The van der Waals surface area contributed by atoms with Crippen LogP contribution in [-0.2, 0) is 9.47 Å². The first-order valence-corrected chi connectivity index (χ1v) is 9.85. The number of hydrogen-bond donors (Lipinski definition) is 0. The fourth-order valence-electron chi connectivity index (χ4n) is 2.72. The zero-order chi connectivity index (χ0) is 24.9. The Bertz CT molecular complexity index is 996. The van der Waals surface area contributed by atoms with Crippen LogP contribution in [0.15, 0.2) is 41.3 Å². The summed E-state index contributed by atoms with van der Waals surface area (Å²) in [5, 5.41) is 0. The molecule has 0 unspecified atom stereocenters. The van der Waals surface area contributed by atoms with Crippen molar-refractivity contribution in [1.82, 2.24) is 4.90 Å². The van der Waals surface area contributed by atoms with Crippen LogP contribution in [0.1, 0.15) is 10.4 Å². The van der Waals surface area contributed by atoms with Crippen molar-refractivity contribution in [1.29, 1.82) is 0 Å². The van der Waals surface area contributed by atoms with Gasteiger partial charge in [-0.3, -0.25) is 14.6 Å². The molecule has 0 aliphatic heterocycles.